The van der Waals surface area contributed by atoms with E-state index in [1.165, 1.54) is 12.1 Å². The summed E-state index contributed by atoms with van der Waals surface area (Å²) in [5, 5.41) is 11.3. The molecular weight excluding hydrogens is 309 g/mol. The zero-order valence-corrected chi connectivity index (χ0v) is 13.0. The number of nitrogens with zero attached hydrogens (tertiary/aromatic N) is 1. The molecule has 0 aromatic heterocycles. The molecule has 0 amide bonds. The first-order chi connectivity index (χ1) is 10.0. The van der Waals surface area contributed by atoms with Crippen LogP contribution in [0.4, 0.5) is 5.69 Å². The Balaban J connectivity index is 2.28. The predicted molar refractivity (Wildman–Crippen MR) is 84.3 cm³/mol. The van der Waals surface area contributed by atoms with Crippen LogP contribution in [0.2, 0.25) is 0 Å². The molecule has 1 unspecified atom stereocenters. The summed E-state index contributed by atoms with van der Waals surface area (Å²) in [5.74, 6) is 0. The fourth-order valence-electron chi connectivity index (χ4n) is 1.70. The van der Waals surface area contributed by atoms with Gasteiger partial charge in [0.2, 0.25) is 0 Å². The number of rotatable bonds is 6. The van der Waals surface area contributed by atoms with Gasteiger partial charge in [-0.05, 0) is 42.6 Å². The molecule has 0 bridgehead atoms. The highest BCUT2D eigenvalue weighted by molar-refractivity contribution is 8.58. The minimum absolute atomic E-state index is 0.00491. The summed E-state index contributed by atoms with van der Waals surface area (Å²) in [4.78, 5) is 10.8. The van der Waals surface area contributed by atoms with Crippen LogP contribution in [-0.2, 0) is 9.09 Å². The molecule has 2 aromatic carbocycles. The zero-order chi connectivity index (χ0) is 15.3. The Morgan fingerprint density at radius 2 is 1.76 bits per heavy atom. The Morgan fingerprint density at radius 1 is 1.14 bits per heavy atom. The molecule has 0 fully saturated rings. The van der Waals surface area contributed by atoms with Gasteiger partial charge in [0, 0.05) is 22.3 Å². The Morgan fingerprint density at radius 3 is 2.29 bits per heavy atom. The molecule has 5 nitrogen and oxygen atoms in total. The first-order valence-electron chi connectivity index (χ1n) is 6.29. The van der Waals surface area contributed by atoms with E-state index in [2.05, 4.69) is 0 Å². The van der Waals surface area contributed by atoms with Gasteiger partial charge >= 0.3 is 0 Å². The number of hydrogen-bond donors (Lipinski definition) is 0. The molecule has 7 heteroatoms. The summed E-state index contributed by atoms with van der Waals surface area (Å²) < 4.78 is 18.5. The molecule has 0 saturated heterocycles. The van der Waals surface area contributed by atoms with E-state index in [0.717, 1.165) is 11.4 Å². The van der Waals surface area contributed by atoms with Gasteiger partial charge in [0.25, 0.3) is 12.3 Å². The first kappa shape index (κ1) is 15.8. The van der Waals surface area contributed by atoms with E-state index in [-0.39, 0.29) is 5.69 Å². The van der Waals surface area contributed by atoms with Crippen LogP contribution in [0.3, 0.4) is 0 Å². The van der Waals surface area contributed by atoms with Crippen molar-refractivity contribution in [1.29, 1.82) is 0 Å². The maximum absolute atomic E-state index is 13.0. The van der Waals surface area contributed by atoms with Gasteiger partial charge in [0.15, 0.2) is 0 Å². The zero-order valence-electron chi connectivity index (χ0n) is 11.3. The van der Waals surface area contributed by atoms with Crippen molar-refractivity contribution in [3.63, 3.8) is 0 Å². The van der Waals surface area contributed by atoms with Gasteiger partial charge in [0.05, 0.1) is 11.5 Å². The highest BCUT2D eigenvalue weighted by Crippen LogP contribution is 2.61. The van der Waals surface area contributed by atoms with E-state index in [9.17, 15) is 14.7 Å². The van der Waals surface area contributed by atoms with Crippen molar-refractivity contribution in [2.75, 3.05) is 6.61 Å². The largest absolute Gasteiger partial charge is 0.318 e. The van der Waals surface area contributed by atoms with Crippen LogP contribution in [0.25, 0.3) is 0 Å². The molecule has 0 aliphatic heterocycles. The summed E-state index contributed by atoms with van der Waals surface area (Å²) in [5.41, 5.74) is 0.00491. The summed E-state index contributed by atoms with van der Waals surface area (Å²) in [6.07, 6.45) is 0. The van der Waals surface area contributed by atoms with Crippen LogP contribution in [0.1, 0.15) is 6.92 Å². The average Bonchev–Trinajstić information content (AvgIpc) is 2.49. The van der Waals surface area contributed by atoms with E-state index >= 15 is 0 Å². The van der Waals surface area contributed by atoms with Crippen molar-refractivity contribution >= 4 is 28.9 Å². The van der Waals surface area contributed by atoms with Gasteiger partial charge in [-0.2, -0.15) is 0 Å². The van der Waals surface area contributed by atoms with Crippen molar-refractivity contribution in [2.24, 2.45) is 0 Å². The van der Waals surface area contributed by atoms with Crippen molar-refractivity contribution < 1.29 is 14.0 Å². The van der Waals surface area contributed by atoms with E-state index in [0.29, 0.717) is 16.8 Å². The number of nitro groups is 1. The second kappa shape index (κ2) is 6.89. The first-order valence-corrected chi connectivity index (χ1v) is 9.34. The number of nitro benzene ring substituents is 1. The average molecular weight is 323 g/mol. The molecule has 21 heavy (non-hydrogen) atoms. The third-order valence-corrected chi connectivity index (χ3v) is 7.20. The topological polar surface area (TPSA) is 69.4 Å². The van der Waals surface area contributed by atoms with Gasteiger partial charge in [-0.15, -0.1) is 0 Å². The summed E-state index contributed by atoms with van der Waals surface area (Å²) >= 11 is 1.10. The van der Waals surface area contributed by atoms with Gasteiger partial charge in [-0.1, -0.05) is 18.2 Å². The molecule has 110 valence electrons. The lowest BCUT2D eigenvalue weighted by Crippen LogP contribution is -2.04. The summed E-state index contributed by atoms with van der Waals surface area (Å²) in [7, 11) is 0. The molecule has 0 aliphatic rings. The van der Waals surface area contributed by atoms with Crippen LogP contribution < -0.4 is 5.30 Å². The van der Waals surface area contributed by atoms with Gasteiger partial charge in [-0.3, -0.25) is 14.7 Å². The van der Waals surface area contributed by atoms with Crippen molar-refractivity contribution in [3.8, 4) is 0 Å². The highest BCUT2D eigenvalue weighted by Gasteiger charge is 2.27. The lowest BCUT2D eigenvalue weighted by molar-refractivity contribution is -0.384. The minimum Gasteiger partial charge on any atom is -0.318 e. The van der Waals surface area contributed by atoms with E-state index < -0.39 is 11.5 Å². The third-order valence-electron chi connectivity index (χ3n) is 2.64. The fourth-order valence-corrected chi connectivity index (χ4v) is 5.77. The number of non-ortho nitro benzene ring substituents is 1. The summed E-state index contributed by atoms with van der Waals surface area (Å²) in [6.45, 7) is -0.976. The molecule has 2 aromatic rings. The fraction of sp³-hybridized carbons (Fsp3) is 0.143. The van der Waals surface area contributed by atoms with Crippen LogP contribution in [0.5, 0.6) is 0 Å². The van der Waals surface area contributed by atoms with Gasteiger partial charge in [0.1, 0.15) is 0 Å². The Bertz CT molecular complexity index is 660. The van der Waals surface area contributed by atoms with Crippen LogP contribution in [0, 0.1) is 10.1 Å². The SMILES string of the molecule is CCOP(=O)(Sc1ccc([N+](=O)[O-])cc1)c1ccccc1. The predicted octanol–water partition coefficient (Wildman–Crippen LogP) is 4.24. The lowest BCUT2D eigenvalue weighted by Gasteiger charge is -2.17. The van der Waals surface area contributed by atoms with Crippen LogP contribution >= 0.6 is 18.0 Å². The maximum Gasteiger partial charge on any atom is 0.291 e. The molecule has 1 atom stereocenters. The second-order valence-electron chi connectivity index (χ2n) is 4.09. The molecule has 0 spiro atoms. The molecule has 2 rings (SSSR count). The van der Waals surface area contributed by atoms with E-state index in [1.807, 2.05) is 6.07 Å². The third kappa shape index (κ3) is 3.94. The highest BCUT2D eigenvalue weighted by atomic mass is 32.7. The Kier molecular flexibility index (Phi) is 5.17. The van der Waals surface area contributed by atoms with Gasteiger partial charge < -0.3 is 4.52 Å². The number of hydrogen-bond acceptors (Lipinski definition) is 5. The van der Waals surface area contributed by atoms with E-state index in [1.54, 1.807) is 43.3 Å². The molecule has 0 radical (unpaired) electrons. The molecule has 0 N–H and O–H groups in total. The quantitative estimate of drug-likeness (QED) is 0.452. The Labute approximate surface area is 126 Å². The smallest absolute Gasteiger partial charge is 0.291 e. The molecule has 0 aliphatic carbocycles. The standard InChI is InChI=1S/C14H14NO4PS/c1-2-19-20(18,13-6-4-3-5-7-13)21-14-10-8-12(9-11-14)15(16)17/h3-11H,2H2,1H3. The maximum atomic E-state index is 13.0. The molecular formula is C14H14NO4PS. The second-order valence-corrected chi connectivity index (χ2v) is 8.51. The molecule has 0 heterocycles. The monoisotopic (exact) mass is 323 g/mol. The minimum atomic E-state index is -3.09. The van der Waals surface area contributed by atoms with Crippen molar-refractivity contribution in [1.82, 2.24) is 0 Å². The van der Waals surface area contributed by atoms with Gasteiger partial charge in [-0.25, -0.2) is 0 Å². The van der Waals surface area contributed by atoms with Crippen LogP contribution in [0.15, 0.2) is 59.5 Å². The van der Waals surface area contributed by atoms with Crippen LogP contribution in [-0.4, -0.2) is 11.5 Å². The van der Waals surface area contributed by atoms with E-state index in [4.69, 9.17) is 4.52 Å². The normalized spacial score (nSPS) is 13.6. The molecule has 0 saturated carbocycles. The Hall–Kier alpha value is -1.62. The summed E-state index contributed by atoms with van der Waals surface area (Å²) in [6, 6.07) is 14.9. The van der Waals surface area contributed by atoms with Crippen molar-refractivity contribution in [3.05, 3.63) is 64.7 Å². The lowest BCUT2D eigenvalue weighted by atomic mass is 10.3. The van der Waals surface area contributed by atoms with Crippen molar-refractivity contribution in [2.45, 2.75) is 11.8 Å². The number of benzene rings is 2.